The summed E-state index contributed by atoms with van der Waals surface area (Å²) in [7, 11) is 1.43. The lowest BCUT2D eigenvalue weighted by Gasteiger charge is -2.21. The Morgan fingerprint density at radius 2 is 2.35 bits per heavy atom. The van der Waals surface area contributed by atoms with E-state index in [4.69, 9.17) is 4.74 Å². The number of rotatable bonds is 6. The quantitative estimate of drug-likeness (QED) is 0.450. The predicted molar refractivity (Wildman–Crippen MR) is 73.4 cm³/mol. The summed E-state index contributed by atoms with van der Waals surface area (Å²) in [4.78, 5) is 11.3. The van der Waals surface area contributed by atoms with Gasteiger partial charge in [-0.1, -0.05) is 19.4 Å². The SMILES string of the molecule is CCC(=CCNCC1CCCCS1)C(=O)OC. The number of ether oxygens (including phenoxy) is 1. The third-order valence-electron chi connectivity index (χ3n) is 2.97. The molecule has 0 aromatic carbocycles. The minimum atomic E-state index is -0.207. The summed E-state index contributed by atoms with van der Waals surface area (Å²) in [5.74, 6) is 1.09. The number of carbonyl (C=O) groups is 1. The first-order valence-electron chi connectivity index (χ1n) is 6.37. The summed E-state index contributed by atoms with van der Waals surface area (Å²) in [6.07, 6.45) is 6.71. The topological polar surface area (TPSA) is 38.3 Å². The van der Waals surface area contributed by atoms with Crippen LogP contribution >= 0.6 is 11.8 Å². The fourth-order valence-corrected chi connectivity index (χ4v) is 3.18. The van der Waals surface area contributed by atoms with E-state index >= 15 is 0 Å². The highest BCUT2D eigenvalue weighted by Gasteiger charge is 2.12. The molecule has 0 spiro atoms. The van der Waals surface area contributed by atoms with Gasteiger partial charge in [0.25, 0.3) is 0 Å². The van der Waals surface area contributed by atoms with E-state index in [1.807, 2.05) is 13.0 Å². The first-order valence-corrected chi connectivity index (χ1v) is 7.42. The fraction of sp³-hybridized carbons (Fsp3) is 0.769. The maximum Gasteiger partial charge on any atom is 0.333 e. The Morgan fingerprint density at radius 1 is 1.53 bits per heavy atom. The molecule has 1 N–H and O–H groups in total. The summed E-state index contributed by atoms with van der Waals surface area (Å²) in [5, 5.41) is 4.14. The largest absolute Gasteiger partial charge is 0.466 e. The van der Waals surface area contributed by atoms with Crippen molar-refractivity contribution >= 4 is 17.7 Å². The number of thioether (sulfide) groups is 1. The van der Waals surface area contributed by atoms with Crippen LogP contribution in [0.15, 0.2) is 11.6 Å². The Kier molecular flexibility index (Phi) is 7.37. The molecule has 0 aromatic heterocycles. The number of carbonyl (C=O) groups excluding carboxylic acids is 1. The summed E-state index contributed by atoms with van der Waals surface area (Å²) < 4.78 is 4.71. The Morgan fingerprint density at radius 3 is 2.94 bits per heavy atom. The summed E-state index contributed by atoms with van der Waals surface area (Å²) in [5.41, 5.74) is 0.760. The van der Waals surface area contributed by atoms with Crippen molar-refractivity contribution in [2.24, 2.45) is 0 Å². The van der Waals surface area contributed by atoms with E-state index in [1.54, 1.807) is 0 Å². The standard InChI is InChI=1S/C13H23NO2S/c1-3-11(13(15)16-2)7-8-14-10-12-6-4-5-9-17-12/h7,12,14H,3-6,8-10H2,1-2H3. The van der Waals surface area contributed by atoms with Gasteiger partial charge in [-0.2, -0.15) is 11.8 Å². The second kappa shape index (κ2) is 8.59. The predicted octanol–water partition coefficient (Wildman–Crippen LogP) is 2.37. The number of esters is 1. The molecule has 1 atom stereocenters. The molecule has 1 aliphatic heterocycles. The Balaban J connectivity index is 2.20. The third kappa shape index (κ3) is 5.59. The molecule has 0 amide bonds. The van der Waals surface area contributed by atoms with Gasteiger partial charge in [0.15, 0.2) is 0 Å². The minimum Gasteiger partial charge on any atom is -0.466 e. The van der Waals surface area contributed by atoms with Crippen LogP contribution in [0.25, 0.3) is 0 Å². The van der Waals surface area contributed by atoms with Crippen LogP contribution < -0.4 is 5.32 Å². The molecular formula is C13H23NO2S. The highest BCUT2D eigenvalue weighted by Crippen LogP contribution is 2.24. The van der Waals surface area contributed by atoms with Gasteiger partial charge in [0.2, 0.25) is 0 Å². The zero-order chi connectivity index (χ0) is 12.5. The summed E-state index contributed by atoms with van der Waals surface area (Å²) in [6, 6.07) is 0. The lowest BCUT2D eigenvalue weighted by atomic mass is 10.2. The van der Waals surface area contributed by atoms with Crippen molar-refractivity contribution in [3.05, 3.63) is 11.6 Å². The first-order chi connectivity index (χ1) is 8.27. The van der Waals surface area contributed by atoms with Gasteiger partial charge in [0.1, 0.15) is 0 Å². The second-order valence-corrected chi connectivity index (χ2v) is 5.63. The number of nitrogens with one attached hydrogen (secondary N) is 1. The maximum absolute atomic E-state index is 11.3. The van der Waals surface area contributed by atoms with E-state index in [0.717, 1.165) is 30.3 Å². The van der Waals surface area contributed by atoms with Gasteiger partial charge in [-0.05, 0) is 25.0 Å². The normalized spacial score (nSPS) is 21.3. The number of hydrogen-bond acceptors (Lipinski definition) is 4. The Hall–Kier alpha value is -0.480. The number of methoxy groups -OCH3 is 1. The van der Waals surface area contributed by atoms with Gasteiger partial charge in [0, 0.05) is 23.9 Å². The van der Waals surface area contributed by atoms with E-state index in [0.29, 0.717) is 0 Å². The molecule has 1 saturated heterocycles. The van der Waals surface area contributed by atoms with Crippen LogP contribution in [0.2, 0.25) is 0 Å². The van der Waals surface area contributed by atoms with Crippen molar-refractivity contribution in [2.45, 2.75) is 37.9 Å². The molecule has 4 heteroatoms. The molecule has 1 rings (SSSR count). The minimum absolute atomic E-state index is 0.207. The molecule has 17 heavy (non-hydrogen) atoms. The van der Waals surface area contributed by atoms with Crippen LogP contribution in [0, 0.1) is 0 Å². The van der Waals surface area contributed by atoms with E-state index in [9.17, 15) is 4.79 Å². The van der Waals surface area contributed by atoms with Crippen LogP contribution in [0.1, 0.15) is 32.6 Å². The first kappa shape index (κ1) is 14.6. The molecule has 1 heterocycles. The van der Waals surface area contributed by atoms with Gasteiger partial charge in [-0.15, -0.1) is 0 Å². The van der Waals surface area contributed by atoms with E-state index in [2.05, 4.69) is 17.1 Å². The highest BCUT2D eigenvalue weighted by atomic mass is 32.2. The van der Waals surface area contributed by atoms with Gasteiger partial charge in [0.05, 0.1) is 7.11 Å². The second-order valence-electron chi connectivity index (χ2n) is 4.22. The van der Waals surface area contributed by atoms with Gasteiger partial charge in [-0.3, -0.25) is 0 Å². The van der Waals surface area contributed by atoms with E-state index in [-0.39, 0.29) is 5.97 Å². The summed E-state index contributed by atoms with van der Waals surface area (Å²) in [6.45, 7) is 3.77. The molecular weight excluding hydrogens is 234 g/mol. The molecule has 0 radical (unpaired) electrons. The Labute approximate surface area is 108 Å². The van der Waals surface area contributed by atoms with Crippen molar-refractivity contribution in [1.29, 1.82) is 0 Å². The molecule has 98 valence electrons. The van der Waals surface area contributed by atoms with Crippen LogP contribution in [-0.4, -0.2) is 37.2 Å². The third-order valence-corrected chi connectivity index (χ3v) is 4.37. The Bertz CT molecular complexity index is 260. The molecule has 1 aliphatic rings. The lowest BCUT2D eigenvalue weighted by Crippen LogP contribution is -2.27. The molecule has 0 saturated carbocycles. The average molecular weight is 257 g/mol. The van der Waals surface area contributed by atoms with Crippen LogP contribution in [0.3, 0.4) is 0 Å². The lowest BCUT2D eigenvalue weighted by molar-refractivity contribution is -0.136. The van der Waals surface area contributed by atoms with Crippen LogP contribution in [0.5, 0.6) is 0 Å². The highest BCUT2D eigenvalue weighted by molar-refractivity contribution is 7.99. The van der Waals surface area contributed by atoms with E-state index in [1.165, 1.54) is 32.1 Å². The molecule has 0 bridgehead atoms. The van der Waals surface area contributed by atoms with Gasteiger partial charge < -0.3 is 10.1 Å². The fourth-order valence-electron chi connectivity index (χ4n) is 1.91. The van der Waals surface area contributed by atoms with Crippen molar-refractivity contribution < 1.29 is 9.53 Å². The zero-order valence-corrected chi connectivity index (χ0v) is 11.6. The average Bonchev–Trinajstić information content (AvgIpc) is 2.39. The monoisotopic (exact) mass is 257 g/mol. The maximum atomic E-state index is 11.3. The van der Waals surface area contributed by atoms with Gasteiger partial charge >= 0.3 is 5.97 Å². The van der Waals surface area contributed by atoms with Crippen molar-refractivity contribution in [3.63, 3.8) is 0 Å². The van der Waals surface area contributed by atoms with Crippen molar-refractivity contribution in [3.8, 4) is 0 Å². The van der Waals surface area contributed by atoms with Gasteiger partial charge in [-0.25, -0.2) is 4.79 Å². The van der Waals surface area contributed by atoms with Crippen molar-refractivity contribution in [2.75, 3.05) is 26.0 Å². The van der Waals surface area contributed by atoms with Crippen LogP contribution in [-0.2, 0) is 9.53 Å². The molecule has 3 nitrogen and oxygen atoms in total. The molecule has 0 aromatic rings. The van der Waals surface area contributed by atoms with E-state index < -0.39 is 0 Å². The van der Waals surface area contributed by atoms with Crippen LogP contribution in [0.4, 0.5) is 0 Å². The molecule has 1 unspecified atom stereocenters. The molecule has 1 fully saturated rings. The smallest absolute Gasteiger partial charge is 0.333 e. The zero-order valence-electron chi connectivity index (χ0n) is 10.8. The number of hydrogen-bond donors (Lipinski definition) is 1. The summed E-state index contributed by atoms with van der Waals surface area (Å²) >= 11 is 2.06. The molecule has 0 aliphatic carbocycles. The van der Waals surface area contributed by atoms with Crippen molar-refractivity contribution in [1.82, 2.24) is 5.32 Å².